The lowest BCUT2D eigenvalue weighted by Gasteiger charge is -2.26. The number of likely N-dealkylation sites (N-methyl/N-ethyl adjacent to an activating group) is 1. The van der Waals surface area contributed by atoms with E-state index >= 15 is 0 Å². The number of likely N-dealkylation sites (tertiary alicyclic amines) is 1. The van der Waals surface area contributed by atoms with Gasteiger partial charge in [0.05, 0.1) is 17.1 Å². The number of halogens is 2. The Morgan fingerprint density at radius 1 is 1.26 bits per heavy atom. The van der Waals surface area contributed by atoms with Crippen molar-refractivity contribution in [3.63, 3.8) is 0 Å². The Morgan fingerprint density at radius 3 is 2.84 bits per heavy atom. The van der Waals surface area contributed by atoms with Crippen molar-refractivity contribution < 1.29 is 23.1 Å². The first-order chi connectivity index (χ1) is 18.2. The number of alkyl halides is 2. The molecular weight excluding hydrogens is 494 g/mol. The number of carbonyl (C=O) groups is 2. The van der Waals surface area contributed by atoms with E-state index in [-0.39, 0.29) is 23.4 Å². The van der Waals surface area contributed by atoms with Crippen molar-refractivity contribution in [3.8, 4) is 5.88 Å². The molecule has 1 aliphatic rings. The number of nitrogens with one attached hydrogen (secondary N) is 1. The van der Waals surface area contributed by atoms with E-state index in [2.05, 4.69) is 15.0 Å². The highest BCUT2D eigenvalue weighted by atomic mass is 19.3. The number of hydrogen-bond acceptors (Lipinski definition) is 6. The van der Waals surface area contributed by atoms with E-state index in [1.807, 2.05) is 59.7 Å². The van der Waals surface area contributed by atoms with Crippen molar-refractivity contribution in [1.82, 2.24) is 24.3 Å². The largest absolute Gasteiger partial charge is 0.417 e. The van der Waals surface area contributed by atoms with Gasteiger partial charge in [0.2, 0.25) is 17.7 Å². The van der Waals surface area contributed by atoms with Crippen LogP contribution >= 0.6 is 0 Å². The molecule has 38 heavy (non-hydrogen) atoms. The summed E-state index contributed by atoms with van der Waals surface area (Å²) in [6.45, 7) is 0.719. The fraction of sp³-hybridized carbons (Fsp3) is 0.407. The van der Waals surface area contributed by atoms with Crippen molar-refractivity contribution in [2.24, 2.45) is 0 Å². The number of imidazole rings is 1. The average molecular weight is 527 g/mol. The molecule has 1 atom stereocenters. The number of pyridine rings is 1. The number of rotatable bonds is 8. The van der Waals surface area contributed by atoms with Crippen LogP contribution in [0.1, 0.15) is 41.2 Å². The first-order valence-corrected chi connectivity index (χ1v) is 12.5. The number of fused-ring (bicyclic) bond motifs is 1. The Kier molecular flexibility index (Phi) is 8.67. The van der Waals surface area contributed by atoms with Crippen LogP contribution in [0.15, 0.2) is 48.7 Å². The van der Waals surface area contributed by atoms with Crippen LogP contribution in [0.5, 0.6) is 5.88 Å². The quantitative estimate of drug-likeness (QED) is 0.441. The molecule has 0 radical (unpaired) electrons. The molecule has 1 aromatic carbocycles. The molecule has 2 aromatic heterocycles. The maximum absolute atomic E-state index is 13.1. The second-order valence-corrected chi connectivity index (χ2v) is 9.56. The van der Waals surface area contributed by atoms with Crippen molar-refractivity contribution in [2.75, 3.05) is 39.0 Å². The zero-order valence-electron chi connectivity index (χ0n) is 21.7. The number of nitrogens with zero attached hydrogens (tertiary/aromatic N) is 5. The van der Waals surface area contributed by atoms with Crippen LogP contribution in [0.4, 0.5) is 14.7 Å². The van der Waals surface area contributed by atoms with Crippen LogP contribution in [0.25, 0.3) is 11.0 Å². The molecular formula is C27H32F2N6O3. The number of benzene rings is 1. The molecule has 9 nitrogen and oxygen atoms in total. The SMILES string of the molecule is Cc1cccc2nc(NC(=O)c3ccnc(OC(F)F)c3)n([C@@H]3CCCCN(C(=O)C=CCN(C)C)C3)c12. The van der Waals surface area contributed by atoms with Gasteiger partial charge >= 0.3 is 6.61 Å². The Balaban J connectivity index is 1.65. The van der Waals surface area contributed by atoms with Gasteiger partial charge in [0.25, 0.3) is 5.91 Å². The predicted molar refractivity (Wildman–Crippen MR) is 140 cm³/mol. The lowest BCUT2D eigenvalue weighted by atomic mass is 10.1. The number of amides is 2. The minimum absolute atomic E-state index is 0.0474. The third kappa shape index (κ3) is 6.52. The predicted octanol–water partition coefficient (Wildman–Crippen LogP) is 4.26. The van der Waals surface area contributed by atoms with E-state index in [0.29, 0.717) is 31.1 Å². The molecule has 11 heteroatoms. The maximum atomic E-state index is 13.1. The van der Waals surface area contributed by atoms with Gasteiger partial charge in [-0.1, -0.05) is 18.2 Å². The summed E-state index contributed by atoms with van der Waals surface area (Å²) in [6, 6.07) is 8.20. The highest BCUT2D eigenvalue weighted by Gasteiger charge is 2.27. The van der Waals surface area contributed by atoms with E-state index in [4.69, 9.17) is 4.98 Å². The topological polar surface area (TPSA) is 92.6 Å². The van der Waals surface area contributed by atoms with E-state index < -0.39 is 12.5 Å². The molecule has 202 valence electrons. The zero-order chi connectivity index (χ0) is 27.2. The summed E-state index contributed by atoms with van der Waals surface area (Å²) in [7, 11) is 3.88. The van der Waals surface area contributed by atoms with Gasteiger partial charge < -0.3 is 19.1 Å². The number of hydrogen-bond donors (Lipinski definition) is 1. The van der Waals surface area contributed by atoms with Gasteiger partial charge in [0.1, 0.15) is 0 Å². The van der Waals surface area contributed by atoms with Crippen LogP contribution in [-0.2, 0) is 4.79 Å². The monoisotopic (exact) mass is 526 g/mol. The standard InChI is InChI=1S/C27H32F2N6O3/c1-18-8-6-10-21-24(18)35(20-9-4-5-15-34(17-20)23(36)11-7-14-33(2)3)27(31-21)32-25(37)19-12-13-30-22(16-19)38-26(28)29/h6-8,10-13,16,20,26H,4-5,9,14-15,17H2,1-3H3,(H,31,32,37)/t20-/m1/s1. The summed E-state index contributed by atoms with van der Waals surface area (Å²) < 4.78 is 31.6. The van der Waals surface area contributed by atoms with Gasteiger partial charge in [-0.3, -0.25) is 14.9 Å². The number of para-hydroxylation sites is 1. The Hall–Kier alpha value is -3.86. The van der Waals surface area contributed by atoms with E-state index in [1.165, 1.54) is 12.3 Å². The number of anilines is 1. The molecule has 2 amide bonds. The molecule has 4 rings (SSSR count). The van der Waals surface area contributed by atoms with Crippen LogP contribution in [0.2, 0.25) is 0 Å². The molecule has 1 fully saturated rings. The first kappa shape index (κ1) is 27.2. The van der Waals surface area contributed by atoms with Crippen molar-refractivity contribution in [3.05, 3.63) is 59.8 Å². The summed E-state index contributed by atoms with van der Waals surface area (Å²) >= 11 is 0. The molecule has 3 aromatic rings. The molecule has 1 saturated heterocycles. The second-order valence-electron chi connectivity index (χ2n) is 9.56. The summed E-state index contributed by atoms with van der Waals surface area (Å²) in [6.07, 6.45) is 7.29. The smallest absolute Gasteiger partial charge is 0.388 e. The minimum Gasteiger partial charge on any atom is -0.417 e. The molecule has 0 saturated carbocycles. The first-order valence-electron chi connectivity index (χ1n) is 12.5. The van der Waals surface area contributed by atoms with Gasteiger partial charge in [-0.15, -0.1) is 0 Å². The van der Waals surface area contributed by atoms with Crippen LogP contribution in [-0.4, -0.2) is 76.5 Å². The van der Waals surface area contributed by atoms with Crippen molar-refractivity contribution in [1.29, 1.82) is 0 Å². The second kappa shape index (κ2) is 12.1. The van der Waals surface area contributed by atoms with Crippen molar-refractivity contribution >= 4 is 28.8 Å². The Labute approximate surface area is 220 Å². The number of aryl methyl sites for hydroxylation is 1. The van der Waals surface area contributed by atoms with Gasteiger partial charge in [-0.2, -0.15) is 8.78 Å². The van der Waals surface area contributed by atoms with Crippen LogP contribution < -0.4 is 10.1 Å². The van der Waals surface area contributed by atoms with Gasteiger partial charge in [0.15, 0.2) is 0 Å². The highest BCUT2D eigenvalue weighted by Crippen LogP contribution is 2.32. The third-order valence-electron chi connectivity index (χ3n) is 6.40. The molecule has 0 aliphatic carbocycles. The summed E-state index contributed by atoms with van der Waals surface area (Å²) in [4.78, 5) is 38.4. The van der Waals surface area contributed by atoms with Gasteiger partial charge in [-0.25, -0.2) is 9.97 Å². The zero-order valence-corrected chi connectivity index (χ0v) is 21.7. The van der Waals surface area contributed by atoms with Crippen molar-refractivity contribution in [2.45, 2.75) is 38.8 Å². The van der Waals surface area contributed by atoms with E-state index in [9.17, 15) is 18.4 Å². The molecule has 0 bridgehead atoms. The number of ether oxygens (including phenoxy) is 1. The Morgan fingerprint density at radius 2 is 2.08 bits per heavy atom. The molecule has 0 spiro atoms. The fourth-order valence-corrected chi connectivity index (χ4v) is 4.65. The lowest BCUT2D eigenvalue weighted by Crippen LogP contribution is -2.35. The third-order valence-corrected chi connectivity index (χ3v) is 6.40. The molecule has 3 heterocycles. The summed E-state index contributed by atoms with van der Waals surface area (Å²) in [5.74, 6) is -0.602. The Bertz CT molecular complexity index is 1320. The van der Waals surface area contributed by atoms with Gasteiger partial charge in [-0.05, 0) is 58.0 Å². The number of aromatic nitrogens is 3. The number of carbonyl (C=O) groups excluding carboxylic acids is 2. The lowest BCUT2D eigenvalue weighted by molar-refractivity contribution is -0.126. The summed E-state index contributed by atoms with van der Waals surface area (Å²) in [5, 5.41) is 2.85. The van der Waals surface area contributed by atoms with Gasteiger partial charge in [0, 0.05) is 43.5 Å². The van der Waals surface area contributed by atoms with Crippen LogP contribution in [0, 0.1) is 6.92 Å². The normalized spacial score (nSPS) is 16.4. The minimum atomic E-state index is -3.05. The van der Waals surface area contributed by atoms with Crippen LogP contribution in [0.3, 0.4) is 0 Å². The fourth-order valence-electron chi connectivity index (χ4n) is 4.65. The summed E-state index contributed by atoms with van der Waals surface area (Å²) in [5.41, 5.74) is 2.68. The van der Waals surface area contributed by atoms with E-state index in [1.54, 1.807) is 6.08 Å². The highest BCUT2D eigenvalue weighted by molar-refractivity contribution is 6.04. The molecule has 1 N–H and O–H groups in total. The molecule has 0 unspecified atom stereocenters. The van der Waals surface area contributed by atoms with E-state index in [0.717, 1.165) is 36.4 Å². The maximum Gasteiger partial charge on any atom is 0.388 e. The molecule has 1 aliphatic heterocycles. The average Bonchev–Trinajstić information content (AvgIpc) is 3.05.